The molecule has 5 rings (SSSR count). The number of pyridine rings is 1. The van der Waals surface area contributed by atoms with Gasteiger partial charge in [0, 0.05) is 10.8 Å². The van der Waals surface area contributed by atoms with E-state index in [4.69, 9.17) is 21.4 Å². The smallest absolute Gasteiger partial charge is 0.220 e. The van der Waals surface area contributed by atoms with Crippen LogP contribution >= 0.6 is 0 Å². The summed E-state index contributed by atoms with van der Waals surface area (Å²) in [5.74, 6) is 0.663. The van der Waals surface area contributed by atoms with Gasteiger partial charge in [-0.2, -0.15) is 4.99 Å². The number of guanidine groups is 2. The lowest BCUT2D eigenvalue weighted by Gasteiger charge is -2.45. The van der Waals surface area contributed by atoms with Crippen molar-refractivity contribution < 1.29 is 0 Å². The third kappa shape index (κ3) is 2.51. The van der Waals surface area contributed by atoms with Crippen LogP contribution in [-0.4, -0.2) is 22.6 Å². The molecule has 0 amide bonds. The fourth-order valence-electron chi connectivity index (χ4n) is 4.44. The van der Waals surface area contributed by atoms with E-state index in [9.17, 15) is 0 Å². The molecule has 2 heterocycles. The lowest BCUT2D eigenvalue weighted by Crippen LogP contribution is -2.58. The van der Waals surface area contributed by atoms with Gasteiger partial charge in [-0.25, -0.2) is 9.98 Å². The number of benzene rings is 2. The van der Waals surface area contributed by atoms with Gasteiger partial charge in [0.15, 0.2) is 0 Å². The van der Waals surface area contributed by atoms with Crippen molar-refractivity contribution in [2.24, 2.45) is 21.5 Å². The number of hydrogen-bond donors (Lipinski definition) is 2. The zero-order valence-corrected chi connectivity index (χ0v) is 15.1. The van der Waals surface area contributed by atoms with Crippen molar-refractivity contribution in [3.05, 3.63) is 48.5 Å². The molecule has 0 atom stereocenters. The third-order valence-corrected chi connectivity index (χ3v) is 5.62. The van der Waals surface area contributed by atoms with Gasteiger partial charge in [0.25, 0.3) is 0 Å². The fourth-order valence-corrected chi connectivity index (χ4v) is 4.44. The van der Waals surface area contributed by atoms with Crippen molar-refractivity contribution in [3.63, 3.8) is 0 Å². The number of aliphatic imine (C=N–C) groups is 2. The van der Waals surface area contributed by atoms with Crippen molar-refractivity contribution in [2.75, 3.05) is 4.90 Å². The van der Waals surface area contributed by atoms with E-state index in [2.05, 4.69) is 34.2 Å². The highest BCUT2D eigenvalue weighted by atomic mass is 15.4. The van der Waals surface area contributed by atoms with Crippen molar-refractivity contribution in [1.29, 1.82) is 0 Å². The molecule has 1 aromatic heterocycles. The molecule has 6 heteroatoms. The number of para-hydroxylation sites is 2. The Bertz CT molecular complexity index is 1090. The van der Waals surface area contributed by atoms with Gasteiger partial charge in [0.05, 0.1) is 16.7 Å². The van der Waals surface area contributed by atoms with Crippen molar-refractivity contribution in [3.8, 4) is 0 Å². The van der Waals surface area contributed by atoms with Crippen LogP contribution in [0.2, 0.25) is 0 Å². The Morgan fingerprint density at radius 3 is 2.52 bits per heavy atom. The first kappa shape index (κ1) is 16.1. The molecule has 2 aliphatic rings. The first-order valence-electron chi connectivity index (χ1n) is 9.45. The summed E-state index contributed by atoms with van der Waals surface area (Å²) in [6.45, 7) is 0. The highest BCUT2D eigenvalue weighted by Crippen LogP contribution is 2.41. The monoisotopic (exact) mass is 358 g/mol. The van der Waals surface area contributed by atoms with E-state index in [0.717, 1.165) is 53.2 Å². The van der Waals surface area contributed by atoms with Crippen LogP contribution in [0.15, 0.2) is 58.5 Å². The van der Waals surface area contributed by atoms with Crippen molar-refractivity contribution in [1.82, 2.24) is 4.98 Å². The molecule has 0 saturated heterocycles. The molecule has 0 unspecified atom stereocenters. The van der Waals surface area contributed by atoms with Crippen LogP contribution in [0.25, 0.3) is 21.8 Å². The maximum absolute atomic E-state index is 6.40. The highest BCUT2D eigenvalue weighted by molar-refractivity contribution is 6.10. The van der Waals surface area contributed by atoms with E-state index >= 15 is 0 Å². The largest absolute Gasteiger partial charge is 0.369 e. The van der Waals surface area contributed by atoms with Gasteiger partial charge in [-0.05, 0) is 43.9 Å². The Balaban J connectivity index is 1.76. The predicted octanol–water partition coefficient (Wildman–Crippen LogP) is 3.50. The first-order valence-corrected chi connectivity index (χ1v) is 9.45. The Morgan fingerprint density at radius 2 is 1.67 bits per heavy atom. The minimum absolute atomic E-state index is 0.268. The minimum Gasteiger partial charge on any atom is -0.369 e. The standard InChI is InChI=1S/C21H22N6/c22-19-25-20(23)27(21(26-19)11-4-1-5-12-21)17-10-6-8-15-13-14-7-2-3-9-16(14)24-18(15)17/h2-3,6-10,13H,1,4-5,11-12H2,(H4,22,23,25,26). The molecular weight excluding hydrogens is 336 g/mol. The maximum atomic E-state index is 6.40. The lowest BCUT2D eigenvalue weighted by molar-refractivity contribution is 0.306. The molecule has 2 aromatic carbocycles. The predicted molar refractivity (Wildman–Crippen MR) is 111 cm³/mol. The normalized spacial score (nSPS) is 19.3. The minimum atomic E-state index is -0.463. The Morgan fingerprint density at radius 1 is 0.889 bits per heavy atom. The number of hydrogen-bond acceptors (Lipinski definition) is 6. The van der Waals surface area contributed by atoms with E-state index in [0.29, 0.717) is 5.96 Å². The zero-order valence-electron chi connectivity index (χ0n) is 15.1. The summed E-state index contributed by atoms with van der Waals surface area (Å²) in [4.78, 5) is 16.1. The number of aromatic nitrogens is 1. The zero-order chi connectivity index (χ0) is 18.4. The summed E-state index contributed by atoms with van der Waals surface area (Å²) in [7, 11) is 0. The Kier molecular flexibility index (Phi) is 3.53. The fraction of sp³-hybridized carbons (Fsp3) is 0.286. The average Bonchev–Trinajstić information content (AvgIpc) is 2.66. The van der Waals surface area contributed by atoms with E-state index in [-0.39, 0.29) is 5.96 Å². The number of nitrogens with zero attached hydrogens (tertiary/aromatic N) is 4. The van der Waals surface area contributed by atoms with Gasteiger partial charge in [0.2, 0.25) is 11.9 Å². The second-order valence-corrected chi connectivity index (χ2v) is 7.35. The molecule has 6 nitrogen and oxygen atoms in total. The van der Waals surface area contributed by atoms with E-state index in [1.54, 1.807) is 0 Å². The summed E-state index contributed by atoms with van der Waals surface area (Å²) < 4.78 is 0. The molecule has 1 spiro atoms. The van der Waals surface area contributed by atoms with Crippen LogP contribution in [0.3, 0.4) is 0 Å². The molecule has 136 valence electrons. The topological polar surface area (TPSA) is 92.9 Å². The molecule has 1 aliphatic carbocycles. The average molecular weight is 358 g/mol. The summed E-state index contributed by atoms with van der Waals surface area (Å²) in [6, 6.07) is 16.5. The molecule has 1 saturated carbocycles. The van der Waals surface area contributed by atoms with Gasteiger partial charge in [0.1, 0.15) is 5.66 Å². The SMILES string of the molecule is NC1=NC2(CCCCC2)N(c2cccc3cc4ccccc4nc23)C(N)=N1. The number of fused-ring (bicyclic) bond motifs is 2. The quantitative estimate of drug-likeness (QED) is 0.651. The first-order chi connectivity index (χ1) is 13.2. The Hall–Kier alpha value is -3.15. The van der Waals surface area contributed by atoms with E-state index in [1.165, 1.54) is 6.42 Å². The van der Waals surface area contributed by atoms with Crippen LogP contribution in [0.4, 0.5) is 5.69 Å². The second kappa shape index (κ2) is 5.94. The van der Waals surface area contributed by atoms with Crippen LogP contribution in [0.5, 0.6) is 0 Å². The molecule has 0 radical (unpaired) electrons. The second-order valence-electron chi connectivity index (χ2n) is 7.35. The molecule has 1 aliphatic heterocycles. The molecule has 0 bridgehead atoms. The van der Waals surface area contributed by atoms with Gasteiger partial charge >= 0.3 is 0 Å². The van der Waals surface area contributed by atoms with Gasteiger partial charge in [-0.15, -0.1) is 0 Å². The Labute approximate surface area is 157 Å². The third-order valence-electron chi connectivity index (χ3n) is 5.62. The van der Waals surface area contributed by atoms with Gasteiger partial charge in [-0.3, -0.25) is 4.90 Å². The van der Waals surface area contributed by atoms with Crippen molar-refractivity contribution >= 4 is 39.4 Å². The summed E-state index contributed by atoms with van der Waals surface area (Å²) >= 11 is 0. The summed E-state index contributed by atoms with van der Waals surface area (Å²) in [5.41, 5.74) is 14.8. The van der Waals surface area contributed by atoms with Crippen molar-refractivity contribution in [2.45, 2.75) is 37.8 Å². The molecule has 27 heavy (non-hydrogen) atoms. The molecule has 4 N–H and O–H groups in total. The van der Waals surface area contributed by atoms with Crippen LogP contribution in [0.1, 0.15) is 32.1 Å². The van der Waals surface area contributed by atoms with Gasteiger partial charge < -0.3 is 11.5 Å². The van der Waals surface area contributed by atoms with Crippen LogP contribution < -0.4 is 16.4 Å². The molecule has 1 fully saturated rings. The maximum Gasteiger partial charge on any atom is 0.220 e. The number of rotatable bonds is 1. The summed E-state index contributed by atoms with van der Waals surface area (Å²) in [6.07, 6.45) is 5.23. The van der Waals surface area contributed by atoms with Gasteiger partial charge in [-0.1, -0.05) is 36.8 Å². The number of nitrogens with two attached hydrogens (primary N) is 2. The van der Waals surface area contributed by atoms with Crippen LogP contribution in [-0.2, 0) is 0 Å². The van der Waals surface area contributed by atoms with E-state index in [1.807, 2.05) is 24.3 Å². The van der Waals surface area contributed by atoms with Crippen LogP contribution in [0, 0.1) is 0 Å². The lowest BCUT2D eigenvalue weighted by atomic mass is 9.87. The summed E-state index contributed by atoms with van der Waals surface area (Å²) in [5, 5.41) is 2.20. The molecule has 3 aromatic rings. The highest BCUT2D eigenvalue weighted by Gasteiger charge is 2.43. The number of anilines is 1. The molecular formula is C21H22N6. The van der Waals surface area contributed by atoms with E-state index < -0.39 is 5.66 Å².